The average molecular weight is 267 g/mol. The van der Waals surface area contributed by atoms with Gasteiger partial charge in [-0.1, -0.05) is 5.16 Å². The van der Waals surface area contributed by atoms with Crippen molar-refractivity contribution in [2.24, 2.45) is 10.9 Å². The molecule has 1 fully saturated rings. The summed E-state index contributed by atoms with van der Waals surface area (Å²) in [5, 5.41) is 11.3. The Morgan fingerprint density at radius 1 is 1.42 bits per heavy atom. The second-order valence-electron chi connectivity index (χ2n) is 4.53. The molecule has 0 atom stereocenters. The minimum Gasteiger partial charge on any atom is -0.489 e. The molecule has 0 aliphatic carbocycles. The lowest BCUT2D eigenvalue weighted by molar-refractivity contribution is 0.231. The first-order chi connectivity index (χ1) is 9.20. The van der Waals surface area contributed by atoms with Crippen LogP contribution in [0.15, 0.2) is 23.4 Å². The van der Waals surface area contributed by atoms with Crippen molar-refractivity contribution >= 4 is 5.84 Å². The summed E-state index contributed by atoms with van der Waals surface area (Å²) >= 11 is 0. The Morgan fingerprint density at radius 2 is 2.16 bits per heavy atom. The van der Waals surface area contributed by atoms with Crippen molar-refractivity contribution in [2.45, 2.75) is 12.8 Å². The molecule has 0 saturated carbocycles. The first-order valence-corrected chi connectivity index (χ1v) is 6.33. The Balaban J connectivity index is 1.89. The van der Waals surface area contributed by atoms with E-state index in [0.717, 1.165) is 19.6 Å². The van der Waals surface area contributed by atoms with Crippen molar-refractivity contribution in [1.29, 1.82) is 0 Å². The predicted octanol–water partition coefficient (Wildman–Crippen LogP) is 1.39. The van der Waals surface area contributed by atoms with E-state index in [1.807, 2.05) is 0 Å². The van der Waals surface area contributed by atoms with Gasteiger partial charge in [0.2, 0.25) is 0 Å². The minimum absolute atomic E-state index is 0.123. The van der Waals surface area contributed by atoms with E-state index in [1.165, 1.54) is 25.0 Å². The van der Waals surface area contributed by atoms with Crippen LogP contribution in [0.25, 0.3) is 0 Å². The number of ether oxygens (including phenoxy) is 1. The monoisotopic (exact) mass is 267 g/mol. The first-order valence-electron chi connectivity index (χ1n) is 6.33. The van der Waals surface area contributed by atoms with Gasteiger partial charge in [-0.3, -0.25) is 4.90 Å². The Bertz CT molecular complexity index is 459. The molecule has 1 aliphatic heterocycles. The molecule has 1 heterocycles. The molecular weight excluding hydrogens is 249 g/mol. The lowest BCUT2D eigenvalue weighted by Gasteiger charge is -2.15. The van der Waals surface area contributed by atoms with Crippen molar-refractivity contribution in [1.82, 2.24) is 4.90 Å². The molecule has 0 radical (unpaired) electrons. The second-order valence-corrected chi connectivity index (χ2v) is 4.53. The van der Waals surface area contributed by atoms with Crippen molar-refractivity contribution in [3.63, 3.8) is 0 Å². The van der Waals surface area contributed by atoms with Crippen LogP contribution in [-0.4, -0.2) is 42.2 Å². The van der Waals surface area contributed by atoms with Crippen LogP contribution in [0.3, 0.4) is 0 Å². The summed E-state index contributed by atoms with van der Waals surface area (Å²) in [6, 6.07) is 4.25. The van der Waals surface area contributed by atoms with Crippen molar-refractivity contribution in [3.8, 4) is 5.75 Å². The molecule has 19 heavy (non-hydrogen) atoms. The average Bonchev–Trinajstić information content (AvgIpc) is 2.93. The molecule has 3 N–H and O–H groups in total. The molecule has 1 saturated heterocycles. The van der Waals surface area contributed by atoms with E-state index in [1.54, 1.807) is 6.07 Å². The second kappa shape index (κ2) is 6.38. The topological polar surface area (TPSA) is 71.1 Å². The molecule has 104 valence electrons. The predicted molar refractivity (Wildman–Crippen MR) is 70.1 cm³/mol. The largest absolute Gasteiger partial charge is 0.489 e. The third-order valence-corrected chi connectivity index (χ3v) is 3.20. The van der Waals surface area contributed by atoms with Crippen LogP contribution in [0.4, 0.5) is 4.39 Å². The Hall–Kier alpha value is -1.82. The maximum Gasteiger partial charge on any atom is 0.170 e. The number of amidine groups is 1. The fourth-order valence-corrected chi connectivity index (χ4v) is 2.13. The van der Waals surface area contributed by atoms with Crippen LogP contribution in [0, 0.1) is 5.82 Å². The number of hydrogen-bond donors (Lipinski definition) is 2. The molecule has 0 aromatic heterocycles. The highest BCUT2D eigenvalue weighted by atomic mass is 19.1. The molecule has 0 spiro atoms. The molecule has 5 nitrogen and oxygen atoms in total. The zero-order valence-corrected chi connectivity index (χ0v) is 10.7. The molecule has 0 amide bonds. The number of rotatable bonds is 5. The van der Waals surface area contributed by atoms with Gasteiger partial charge in [0.05, 0.1) is 0 Å². The van der Waals surface area contributed by atoms with Crippen molar-refractivity contribution in [3.05, 3.63) is 29.6 Å². The summed E-state index contributed by atoms with van der Waals surface area (Å²) in [5.41, 5.74) is 5.71. The zero-order chi connectivity index (χ0) is 13.7. The fourth-order valence-electron chi connectivity index (χ4n) is 2.13. The lowest BCUT2D eigenvalue weighted by atomic mass is 10.2. The van der Waals surface area contributed by atoms with Gasteiger partial charge in [0.25, 0.3) is 0 Å². The standard InChI is InChI=1S/C13H18FN3O2/c14-11-9-10(13(15)16-18)3-4-12(11)19-8-7-17-5-1-2-6-17/h3-4,9,18H,1-2,5-8H2,(H2,15,16). The van der Waals surface area contributed by atoms with E-state index < -0.39 is 5.82 Å². The van der Waals surface area contributed by atoms with Crippen molar-refractivity contribution in [2.75, 3.05) is 26.2 Å². The van der Waals surface area contributed by atoms with Crippen LogP contribution >= 0.6 is 0 Å². The number of nitrogens with zero attached hydrogens (tertiary/aromatic N) is 2. The van der Waals surface area contributed by atoms with Gasteiger partial charge in [-0.2, -0.15) is 0 Å². The van der Waals surface area contributed by atoms with Crippen LogP contribution in [-0.2, 0) is 0 Å². The molecule has 1 aromatic carbocycles. The number of halogens is 1. The number of hydrogen-bond acceptors (Lipinski definition) is 4. The molecule has 2 rings (SSSR count). The molecule has 6 heteroatoms. The van der Waals surface area contributed by atoms with Gasteiger partial charge in [-0.05, 0) is 44.1 Å². The summed E-state index contributed by atoms with van der Waals surface area (Å²) in [6.45, 7) is 3.45. The molecule has 0 bridgehead atoms. The van der Waals surface area contributed by atoms with Gasteiger partial charge in [-0.15, -0.1) is 0 Å². The van der Waals surface area contributed by atoms with Gasteiger partial charge < -0.3 is 15.7 Å². The van der Waals surface area contributed by atoms with Gasteiger partial charge in [0.1, 0.15) is 6.61 Å². The fraction of sp³-hybridized carbons (Fsp3) is 0.462. The number of likely N-dealkylation sites (tertiary alicyclic amines) is 1. The van der Waals surface area contributed by atoms with Crippen molar-refractivity contribution < 1.29 is 14.3 Å². The molecular formula is C13H18FN3O2. The van der Waals surface area contributed by atoms with E-state index in [0.29, 0.717) is 12.2 Å². The summed E-state index contributed by atoms with van der Waals surface area (Å²) in [7, 11) is 0. The van der Waals surface area contributed by atoms with E-state index in [9.17, 15) is 4.39 Å². The Labute approximate surface area is 111 Å². The van der Waals surface area contributed by atoms with E-state index in [2.05, 4.69) is 10.1 Å². The Kier molecular flexibility index (Phi) is 4.57. The van der Waals surface area contributed by atoms with Crippen LogP contribution < -0.4 is 10.5 Å². The van der Waals surface area contributed by atoms with E-state index >= 15 is 0 Å². The van der Waals surface area contributed by atoms with Gasteiger partial charge in [0.15, 0.2) is 17.4 Å². The highest BCUT2D eigenvalue weighted by Gasteiger charge is 2.12. The highest BCUT2D eigenvalue weighted by Crippen LogP contribution is 2.18. The Morgan fingerprint density at radius 3 is 2.79 bits per heavy atom. The van der Waals surface area contributed by atoms with E-state index in [4.69, 9.17) is 15.7 Å². The third-order valence-electron chi connectivity index (χ3n) is 3.20. The third kappa shape index (κ3) is 3.57. The summed E-state index contributed by atoms with van der Waals surface area (Å²) in [5.74, 6) is -0.443. The smallest absolute Gasteiger partial charge is 0.170 e. The number of nitrogens with two attached hydrogens (primary N) is 1. The zero-order valence-electron chi connectivity index (χ0n) is 10.7. The van der Waals surface area contributed by atoms with Gasteiger partial charge in [0, 0.05) is 12.1 Å². The quantitative estimate of drug-likeness (QED) is 0.366. The summed E-state index contributed by atoms with van der Waals surface area (Å²) in [6.07, 6.45) is 2.45. The summed E-state index contributed by atoms with van der Waals surface area (Å²) in [4.78, 5) is 2.29. The SMILES string of the molecule is N/C(=N/O)c1ccc(OCCN2CCCC2)c(F)c1. The molecule has 1 aliphatic rings. The van der Waals surface area contributed by atoms with Gasteiger partial charge >= 0.3 is 0 Å². The highest BCUT2D eigenvalue weighted by molar-refractivity contribution is 5.97. The van der Waals surface area contributed by atoms with Gasteiger partial charge in [-0.25, -0.2) is 4.39 Å². The maximum atomic E-state index is 13.7. The normalized spacial score (nSPS) is 16.8. The van der Waals surface area contributed by atoms with Crippen LogP contribution in [0.1, 0.15) is 18.4 Å². The van der Waals surface area contributed by atoms with Crippen LogP contribution in [0.5, 0.6) is 5.75 Å². The number of benzene rings is 1. The minimum atomic E-state index is -0.509. The molecule has 1 aromatic rings. The lowest BCUT2D eigenvalue weighted by Crippen LogP contribution is -2.25. The maximum absolute atomic E-state index is 13.7. The number of oxime groups is 1. The van der Waals surface area contributed by atoms with Crippen LogP contribution in [0.2, 0.25) is 0 Å². The first kappa shape index (κ1) is 13.6. The molecule has 0 unspecified atom stereocenters. The summed E-state index contributed by atoms with van der Waals surface area (Å²) < 4.78 is 19.1. The van der Waals surface area contributed by atoms with E-state index in [-0.39, 0.29) is 11.6 Å².